The van der Waals surface area contributed by atoms with Crippen LogP contribution in [0.25, 0.3) is 0 Å². The van der Waals surface area contributed by atoms with Gasteiger partial charge in [-0.05, 0) is 42.9 Å². The molecule has 106 valence electrons. The topological polar surface area (TPSA) is 72.2 Å². The number of hydrogen-bond donors (Lipinski definition) is 2. The summed E-state index contributed by atoms with van der Waals surface area (Å²) in [7, 11) is -3.58. The summed E-state index contributed by atoms with van der Waals surface area (Å²) in [5.41, 5.74) is 6.00. The second-order valence-electron chi connectivity index (χ2n) is 5.33. The molecule has 1 aromatic rings. The Morgan fingerprint density at radius 2 is 2.16 bits per heavy atom. The van der Waals surface area contributed by atoms with Crippen LogP contribution >= 0.6 is 11.6 Å². The van der Waals surface area contributed by atoms with Crippen molar-refractivity contribution >= 4 is 27.3 Å². The second kappa shape index (κ2) is 5.69. The molecule has 0 spiro atoms. The van der Waals surface area contributed by atoms with Gasteiger partial charge in [0.2, 0.25) is 10.0 Å². The van der Waals surface area contributed by atoms with Gasteiger partial charge in [0, 0.05) is 12.2 Å². The highest BCUT2D eigenvalue weighted by Crippen LogP contribution is 2.30. The average molecular weight is 303 g/mol. The van der Waals surface area contributed by atoms with E-state index in [1.165, 1.54) is 18.6 Å². The summed E-state index contributed by atoms with van der Waals surface area (Å²) >= 11 is 5.92. The van der Waals surface area contributed by atoms with Crippen LogP contribution in [0.15, 0.2) is 23.1 Å². The third-order valence-corrected chi connectivity index (χ3v) is 5.52. The van der Waals surface area contributed by atoms with Crippen LogP contribution in [-0.4, -0.2) is 15.0 Å². The highest BCUT2D eigenvalue weighted by atomic mass is 35.5. The van der Waals surface area contributed by atoms with Gasteiger partial charge >= 0.3 is 0 Å². The van der Waals surface area contributed by atoms with E-state index in [-0.39, 0.29) is 9.92 Å². The normalized spacial score (nSPS) is 23.7. The molecule has 0 amide bonds. The summed E-state index contributed by atoms with van der Waals surface area (Å²) in [6.07, 6.45) is 3.33. The molecule has 19 heavy (non-hydrogen) atoms. The smallest absolute Gasteiger partial charge is 0.242 e. The Labute approximate surface area is 119 Å². The van der Waals surface area contributed by atoms with Gasteiger partial charge in [0.25, 0.3) is 0 Å². The molecule has 0 saturated heterocycles. The fourth-order valence-electron chi connectivity index (χ4n) is 2.54. The molecule has 1 aromatic carbocycles. The highest BCUT2D eigenvalue weighted by molar-refractivity contribution is 7.89. The number of nitrogens with two attached hydrogens (primary N) is 1. The molecule has 2 unspecified atom stereocenters. The van der Waals surface area contributed by atoms with Crippen molar-refractivity contribution in [2.45, 2.75) is 31.1 Å². The fourth-order valence-corrected chi connectivity index (χ4v) is 4.19. The first-order valence-electron chi connectivity index (χ1n) is 6.43. The monoisotopic (exact) mass is 302 g/mol. The van der Waals surface area contributed by atoms with Crippen molar-refractivity contribution in [2.24, 2.45) is 11.8 Å². The zero-order valence-electron chi connectivity index (χ0n) is 10.9. The summed E-state index contributed by atoms with van der Waals surface area (Å²) in [5, 5.41) is 0.196. The Morgan fingerprint density at radius 1 is 1.42 bits per heavy atom. The van der Waals surface area contributed by atoms with Crippen LogP contribution in [0.1, 0.15) is 26.2 Å². The summed E-state index contributed by atoms with van der Waals surface area (Å²) in [5.74, 6) is 1.11. The number of rotatable bonds is 4. The van der Waals surface area contributed by atoms with E-state index in [0.717, 1.165) is 12.8 Å². The molecule has 0 bridgehead atoms. The fraction of sp³-hybridized carbons (Fsp3) is 0.538. The Balaban J connectivity index is 2.08. The number of sulfonamides is 1. The zero-order chi connectivity index (χ0) is 14.0. The molecule has 4 nitrogen and oxygen atoms in total. The van der Waals surface area contributed by atoms with Crippen LogP contribution in [-0.2, 0) is 10.0 Å². The molecule has 2 rings (SSSR count). The summed E-state index contributed by atoms with van der Waals surface area (Å²) in [6.45, 7) is 2.67. The van der Waals surface area contributed by atoms with E-state index in [1.807, 2.05) is 0 Å². The average Bonchev–Trinajstić information content (AvgIpc) is 2.76. The van der Waals surface area contributed by atoms with Crippen molar-refractivity contribution < 1.29 is 8.42 Å². The lowest BCUT2D eigenvalue weighted by molar-refractivity contribution is 0.498. The Bertz CT molecular complexity index is 560. The minimum atomic E-state index is -3.58. The van der Waals surface area contributed by atoms with E-state index < -0.39 is 10.0 Å². The van der Waals surface area contributed by atoms with Gasteiger partial charge in [-0.2, -0.15) is 0 Å². The number of anilines is 1. The Hall–Kier alpha value is -0.780. The van der Waals surface area contributed by atoms with E-state index in [1.54, 1.807) is 6.07 Å². The summed E-state index contributed by atoms with van der Waals surface area (Å²) in [6, 6.07) is 4.48. The zero-order valence-corrected chi connectivity index (χ0v) is 12.5. The molecule has 0 aromatic heterocycles. The van der Waals surface area contributed by atoms with Gasteiger partial charge in [-0.15, -0.1) is 0 Å². The molecule has 6 heteroatoms. The van der Waals surface area contributed by atoms with Crippen LogP contribution in [0.3, 0.4) is 0 Å². The largest absolute Gasteiger partial charge is 0.399 e. The van der Waals surface area contributed by atoms with Crippen molar-refractivity contribution in [3.05, 3.63) is 23.2 Å². The van der Waals surface area contributed by atoms with Crippen LogP contribution in [0, 0.1) is 11.8 Å². The van der Waals surface area contributed by atoms with Gasteiger partial charge in [-0.3, -0.25) is 0 Å². The molecule has 3 N–H and O–H groups in total. The molecule has 0 aliphatic heterocycles. The molecule has 1 fully saturated rings. The number of halogens is 1. The first-order valence-corrected chi connectivity index (χ1v) is 8.29. The van der Waals surface area contributed by atoms with Gasteiger partial charge in [0.1, 0.15) is 4.90 Å². The van der Waals surface area contributed by atoms with Crippen molar-refractivity contribution in [2.75, 3.05) is 12.3 Å². The lowest BCUT2D eigenvalue weighted by Crippen LogP contribution is -2.29. The molecular weight excluding hydrogens is 284 g/mol. The minimum absolute atomic E-state index is 0.0558. The maximum atomic E-state index is 12.2. The van der Waals surface area contributed by atoms with E-state index in [4.69, 9.17) is 17.3 Å². The Kier molecular flexibility index (Phi) is 4.38. The SMILES string of the molecule is CC1CCC(CNS(=O)(=O)c2cc(N)ccc2Cl)C1. The minimum Gasteiger partial charge on any atom is -0.399 e. The molecule has 0 heterocycles. The van der Waals surface area contributed by atoms with Gasteiger partial charge in [0.15, 0.2) is 0 Å². The predicted octanol–water partition coefficient (Wildman–Crippen LogP) is 2.64. The number of benzene rings is 1. The van der Waals surface area contributed by atoms with Gasteiger partial charge in [-0.25, -0.2) is 13.1 Å². The first kappa shape index (κ1) is 14.6. The summed E-state index contributed by atoms with van der Waals surface area (Å²) < 4.78 is 27.0. The third kappa shape index (κ3) is 3.61. The maximum absolute atomic E-state index is 12.2. The second-order valence-corrected chi connectivity index (χ2v) is 7.47. The lowest BCUT2D eigenvalue weighted by atomic mass is 10.1. The van der Waals surface area contributed by atoms with E-state index in [0.29, 0.717) is 24.1 Å². The van der Waals surface area contributed by atoms with Crippen LogP contribution in [0.4, 0.5) is 5.69 Å². The highest BCUT2D eigenvalue weighted by Gasteiger charge is 2.24. The number of nitrogens with one attached hydrogen (secondary N) is 1. The van der Waals surface area contributed by atoms with Gasteiger partial charge in [0.05, 0.1) is 5.02 Å². The van der Waals surface area contributed by atoms with Crippen molar-refractivity contribution in [3.63, 3.8) is 0 Å². The molecule has 1 saturated carbocycles. The first-order chi connectivity index (χ1) is 8.88. The van der Waals surface area contributed by atoms with Crippen LogP contribution < -0.4 is 10.5 Å². The molecule has 0 radical (unpaired) electrons. The quantitative estimate of drug-likeness (QED) is 0.840. The number of nitrogen functional groups attached to an aromatic ring is 1. The van der Waals surface area contributed by atoms with Crippen LogP contribution in [0.2, 0.25) is 5.02 Å². The van der Waals surface area contributed by atoms with E-state index in [2.05, 4.69) is 11.6 Å². The van der Waals surface area contributed by atoms with Crippen molar-refractivity contribution in [1.29, 1.82) is 0 Å². The standard InChI is InChI=1S/C13H19ClN2O2S/c1-9-2-3-10(6-9)8-16-19(17,18)13-7-11(15)4-5-12(13)14/h4-5,7,9-10,16H,2-3,6,8,15H2,1H3. The Morgan fingerprint density at radius 3 is 2.79 bits per heavy atom. The van der Waals surface area contributed by atoms with Crippen LogP contribution in [0.5, 0.6) is 0 Å². The molecule has 1 aliphatic carbocycles. The number of hydrogen-bond acceptors (Lipinski definition) is 3. The van der Waals surface area contributed by atoms with Gasteiger partial charge < -0.3 is 5.73 Å². The predicted molar refractivity (Wildman–Crippen MR) is 77.6 cm³/mol. The van der Waals surface area contributed by atoms with E-state index in [9.17, 15) is 8.42 Å². The van der Waals surface area contributed by atoms with Crippen molar-refractivity contribution in [1.82, 2.24) is 4.72 Å². The third-order valence-electron chi connectivity index (χ3n) is 3.61. The van der Waals surface area contributed by atoms with E-state index >= 15 is 0 Å². The van der Waals surface area contributed by atoms with Gasteiger partial charge in [-0.1, -0.05) is 24.9 Å². The van der Waals surface area contributed by atoms with Crippen molar-refractivity contribution in [3.8, 4) is 0 Å². The molecule has 1 aliphatic rings. The molecular formula is C13H19ClN2O2S. The maximum Gasteiger partial charge on any atom is 0.242 e. The molecule has 2 atom stereocenters. The lowest BCUT2D eigenvalue weighted by Gasteiger charge is -2.13. The summed E-state index contributed by atoms with van der Waals surface area (Å²) in [4.78, 5) is 0.0558.